The molecule has 0 radical (unpaired) electrons. The molecule has 0 aliphatic carbocycles. The van der Waals surface area contributed by atoms with Gasteiger partial charge in [-0.25, -0.2) is 0 Å². The zero-order valence-electron chi connectivity index (χ0n) is 51.9. The van der Waals surface area contributed by atoms with Gasteiger partial charge in [0.15, 0.2) is 0 Å². The summed E-state index contributed by atoms with van der Waals surface area (Å²) in [5, 5.41) is 3.02. The van der Waals surface area contributed by atoms with Gasteiger partial charge in [0.25, 0.3) is 7.82 Å². The van der Waals surface area contributed by atoms with Crippen molar-refractivity contribution in [1.82, 2.24) is 5.32 Å². The molecule has 0 heterocycles. The summed E-state index contributed by atoms with van der Waals surface area (Å²) < 4.78 is 30.3. The Morgan fingerprint density at radius 2 is 0.872 bits per heavy atom. The van der Waals surface area contributed by atoms with E-state index in [1.54, 1.807) is 0 Å². The molecule has 0 aliphatic rings. The lowest BCUT2D eigenvalue weighted by molar-refractivity contribution is -0.870. The van der Waals surface area contributed by atoms with Crippen molar-refractivity contribution in [2.45, 2.75) is 309 Å². The van der Waals surface area contributed by atoms with Crippen molar-refractivity contribution < 1.29 is 37.3 Å². The lowest BCUT2D eigenvalue weighted by Crippen LogP contribution is -2.47. The van der Waals surface area contributed by atoms with E-state index in [4.69, 9.17) is 13.8 Å². The van der Waals surface area contributed by atoms with Crippen molar-refractivity contribution in [1.29, 1.82) is 0 Å². The molecule has 3 atom stereocenters. The number of amides is 1. The summed E-state index contributed by atoms with van der Waals surface area (Å²) in [4.78, 5) is 40.0. The van der Waals surface area contributed by atoms with Crippen molar-refractivity contribution in [3.63, 3.8) is 0 Å². The SMILES string of the molecule is CC/C=C/C=C/C=C\CCCCCCCC(=O)NC(COP(=O)([O-])OCC[N+](C)(C)C)C(/C=C\CCCCCCCCCCCC)OC(=O)CCCCCCCCCCCCCCCCCCC/C=C\C/C=C\CCCCC. The van der Waals surface area contributed by atoms with Crippen LogP contribution in [-0.2, 0) is 27.9 Å². The molecule has 0 bridgehead atoms. The number of allylic oxidation sites excluding steroid dienone is 11. The summed E-state index contributed by atoms with van der Waals surface area (Å²) in [6.07, 6.45) is 74.6. The van der Waals surface area contributed by atoms with Crippen molar-refractivity contribution >= 4 is 19.7 Å². The van der Waals surface area contributed by atoms with E-state index in [1.807, 2.05) is 33.3 Å². The first-order chi connectivity index (χ1) is 37.9. The molecule has 3 unspecified atom stereocenters. The van der Waals surface area contributed by atoms with Crippen molar-refractivity contribution in [2.24, 2.45) is 0 Å². The Balaban J connectivity index is 5.01. The molecule has 454 valence electrons. The number of quaternary nitrogens is 1. The average molecular weight is 1110 g/mol. The van der Waals surface area contributed by atoms with Crippen LogP contribution in [0.3, 0.4) is 0 Å². The maximum absolute atomic E-state index is 13.5. The summed E-state index contributed by atoms with van der Waals surface area (Å²) in [6, 6.07) is -0.900. The molecule has 0 aliphatic heterocycles. The molecule has 0 spiro atoms. The first kappa shape index (κ1) is 75.5. The highest BCUT2D eigenvalue weighted by Crippen LogP contribution is 2.38. The number of phosphoric ester groups is 1. The Morgan fingerprint density at radius 1 is 0.474 bits per heavy atom. The summed E-state index contributed by atoms with van der Waals surface area (Å²) >= 11 is 0. The normalized spacial score (nSPS) is 14.1. The van der Waals surface area contributed by atoms with Crippen molar-refractivity contribution in [3.05, 3.63) is 72.9 Å². The number of nitrogens with zero attached hydrogens (tertiary/aromatic N) is 1. The van der Waals surface area contributed by atoms with Crippen molar-refractivity contribution in [3.8, 4) is 0 Å². The molecule has 0 aromatic carbocycles. The third-order valence-corrected chi connectivity index (χ3v) is 15.4. The molecule has 0 aromatic heterocycles. The molecule has 0 fully saturated rings. The maximum Gasteiger partial charge on any atom is 0.306 e. The van der Waals surface area contributed by atoms with E-state index < -0.39 is 26.6 Å². The average Bonchev–Trinajstić information content (AvgIpc) is 3.40. The molecule has 10 heteroatoms. The van der Waals surface area contributed by atoms with E-state index in [-0.39, 0.29) is 24.9 Å². The number of nitrogens with one attached hydrogen (secondary N) is 1. The fraction of sp³-hybridized carbons (Fsp3) is 0.794. The molecule has 78 heavy (non-hydrogen) atoms. The molecule has 0 saturated heterocycles. The molecule has 1 N–H and O–H groups in total. The number of hydrogen-bond donors (Lipinski definition) is 1. The van der Waals surface area contributed by atoms with Crippen LogP contribution < -0.4 is 10.2 Å². The zero-order chi connectivity index (χ0) is 57.2. The van der Waals surface area contributed by atoms with Gasteiger partial charge in [0.1, 0.15) is 19.3 Å². The van der Waals surface area contributed by atoms with Crippen LogP contribution in [0.15, 0.2) is 72.9 Å². The van der Waals surface area contributed by atoms with Gasteiger partial charge < -0.3 is 28.5 Å². The third kappa shape index (κ3) is 58.1. The number of phosphoric acid groups is 1. The quantitative estimate of drug-likeness (QED) is 0.0161. The second kappa shape index (κ2) is 57.7. The van der Waals surface area contributed by atoms with Crippen LogP contribution in [0.4, 0.5) is 0 Å². The summed E-state index contributed by atoms with van der Waals surface area (Å²) in [6.45, 7) is 6.68. The van der Waals surface area contributed by atoms with Crippen LogP contribution in [0.1, 0.15) is 297 Å². The summed E-state index contributed by atoms with van der Waals surface area (Å²) in [7, 11) is 1.17. The highest BCUT2D eigenvalue weighted by molar-refractivity contribution is 7.45. The van der Waals surface area contributed by atoms with Gasteiger partial charge in [-0.1, -0.05) is 274 Å². The van der Waals surface area contributed by atoms with Gasteiger partial charge in [0, 0.05) is 12.8 Å². The number of esters is 1. The standard InChI is InChI=1S/C68H125N2O7P/c1-7-10-13-16-19-22-25-28-29-30-31-32-33-34-35-36-37-38-39-40-41-43-46-49-52-55-58-61-68(72)77-66(59-56-53-50-47-44-27-24-21-18-15-12-9-3)65(64-76-78(73,74)75-63-62-70(4,5)6)69-67(71)60-57-54-51-48-45-42-26-23-20-17-14-11-8-2/h11,14,17,19-20,22-23,26,28-29,56,59,65-66H,7-10,12-13,15-16,18,21,24-25,27,30-55,57-58,60-64H2,1-6H3,(H-,69,71,73,74)/b14-11+,20-17+,22-19-,26-23-,29-28-,59-56-. The highest BCUT2D eigenvalue weighted by atomic mass is 31.2. The Bertz CT molecular complexity index is 1570. The number of likely N-dealkylation sites (N-methyl/N-ethyl adjacent to an activating group) is 1. The lowest BCUT2D eigenvalue weighted by atomic mass is 10.0. The highest BCUT2D eigenvalue weighted by Gasteiger charge is 2.27. The smallest absolute Gasteiger partial charge is 0.306 e. The zero-order valence-corrected chi connectivity index (χ0v) is 52.8. The minimum absolute atomic E-state index is 0.0278. The van der Waals surface area contributed by atoms with E-state index >= 15 is 0 Å². The van der Waals surface area contributed by atoms with Crippen LogP contribution in [0, 0.1) is 0 Å². The number of unbranched alkanes of at least 4 members (excludes halogenated alkanes) is 35. The molecule has 0 aromatic rings. The molecular weight excluding hydrogens is 988 g/mol. The topological polar surface area (TPSA) is 114 Å². The Kier molecular flexibility index (Phi) is 55.8. The predicted molar refractivity (Wildman–Crippen MR) is 335 cm³/mol. The monoisotopic (exact) mass is 1110 g/mol. The number of ether oxygens (including phenoxy) is 1. The van der Waals surface area contributed by atoms with Crippen LogP contribution in [0.2, 0.25) is 0 Å². The maximum atomic E-state index is 13.5. The molecule has 1 amide bonds. The number of carbonyl (C=O) groups excluding carboxylic acids is 2. The van der Waals surface area contributed by atoms with Crippen LogP contribution in [0.5, 0.6) is 0 Å². The van der Waals surface area contributed by atoms with Gasteiger partial charge in [0.05, 0.1) is 33.8 Å². The van der Waals surface area contributed by atoms with Gasteiger partial charge in [-0.2, -0.15) is 0 Å². The number of rotatable bonds is 59. The van der Waals surface area contributed by atoms with E-state index in [0.717, 1.165) is 83.5 Å². The number of carbonyl (C=O) groups is 2. The predicted octanol–water partition coefficient (Wildman–Crippen LogP) is 19.8. The first-order valence-electron chi connectivity index (χ1n) is 32.8. The summed E-state index contributed by atoms with van der Waals surface area (Å²) in [5.41, 5.74) is 0. The van der Waals surface area contributed by atoms with Gasteiger partial charge in [-0.3, -0.25) is 14.2 Å². The van der Waals surface area contributed by atoms with E-state index in [9.17, 15) is 19.0 Å². The second-order valence-corrected chi connectivity index (χ2v) is 24.7. The van der Waals surface area contributed by atoms with Gasteiger partial charge >= 0.3 is 5.97 Å². The van der Waals surface area contributed by atoms with Crippen molar-refractivity contribution in [2.75, 3.05) is 40.9 Å². The Morgan fingerprint density at radius 3 is 1.35 bits per heavy atom. The second-order valence-electron chi connectivity index (χ2n) is 23.3. The summed E-state index contributed by atoms with van der Waals surface area (Å²) in [5.74, 6) is -0.559. The third-order valence-electron chi connectivity index (χ3n) is 14.4. The largest absolute Gasteiger partial charge is 0.756 e. The fourth-order valence-corrected chi connectivity index (χ4v) is 10.1. The van der Waals surface area contributed by atoms with Gasteiger partial charge in [0.2, 0.25) is 5.91 Å². The lowest BCUT2D eigenvalue weighted by Gasteiger charge is -2.30. The van der Waals surface area contributed by atoms with E-state index in [1.165, 1.54) is 173 Å². The van der Waals surface area contributed by atoms with Crippen LogP contribution in [-0.4, -0.2) is 69.4 Å². The van der Waals surface area contributed by atoms with Crippen LogP contribution in [0.25, 0.3) is 0 Å². The fourth-order valence-electron chi connectivity index (χ4n) is 9.38. The van der Waals surface area contributed by atoms with E-state index in [0.29, 0.717) is 23.9 Å². The van der Waals surface area contributed by atoms with Gasteiger partial charge in [-0.15, -0.1) is 0 Å². The van der Waals surface area contributed by atoms with Crippen LogP contribution >= 0.6 is 7.82 Å². The Labute approximate surface area is 483 Å². The van der Waals surface area contributed by atoms with E-state index in [2.05, 4.69) is 86.8 Å². The number of hydrogen-bond acceptors (Lipinski definition) is 7. The molecule has 0 rings (SSSR count). The molecular formula is C68H125N2O7P. The minimum atomic E-state index is -4.70. The first-order valence-corrected chi connectivity index (χ1v) is 34.2. The minimum Gasteiger partial charge on any atom is -0.756 e. The molecule has 0 saturated carbocycles. The van der Waals surface area contributed by atoms with Gasteiger partial charge in [-0.05, 0) is 83.1 Å². The molecule has 9 nitrogen and oxygen atoms in total. The Hall–Kier alpha value is -2.55.